The van der Waals surface area contributed by atoms with E-state index >= 15 is 0 Å². The summed E-state index contributed by atoms with van der Waals surface area (Å²) < 4.78 is 17.2. The second-order valence-corrected chi connectivity index (χ2v) is 9.56. The van der Waals surface area contributed by atoms with E-state index in [9.17, 15) is 4.79 Å². The molecule has 178 valence electrons. The summed E-state index contributed by atoms with van der Waals surface area (Å²) in [5, 5.41) is 3.68. The van der Waals surface area contributed by atoms with Gasteiger partial charge in [0.25, 0.3) is 0 Å². The largest absolute Gasteiger partial charge is 0.495 e. The minimum Gasteiger partial charge on any atom is -0.495 e. The van der Waals surface area contributed by atoms with Crippen molar-refractivity contribution in [3.8, 4) is 0 Å². The summed E-state index contributed by atoms with van der Waals surface area (Å²) in [5.41, 5.74) is 1.43. The number of amides is 1. The highest BCUT2D eigenvalue weighted by Crippen LogP contribution is 2.45. The van der Waals surface area contributed by atoms with Crippen LogP contribution in [0.1, 0.15) is 39.2 Å². The Morgan fingerprint density at radius 2 is 2.15 bits per heavy atom. The van der Waals surface area contributed by atoms with E-state index in [4.69, 9.17) is 25.8 Å². The predicted molar refractivity (Wildman–Crippen MR) is 129 cm³/mol. The molecule has 1 amide bonds. The van der Waals surface area contributed by atoms with Crippen molar-refractivity contribution in [2.45, 2.75) is 50.9 Å². The van der Waals surface area contributed by atoms with Crippen molar-refractivity contribution in [1.82, 2.24) is 4.90 Å². The van der Waals surface area contributed by atoms with Crippen LogP contribution in [0.15, 0.2) is 40.1 Å². The van der Waals surface area contributed by atoms with Crippen LogP contribution in [-0.2, 0) is 24.4 Å². The molecule has 1 N–H and O–H groups in total. The fraction of sp³-hybridized carbons (Fsp3) is 0.542. The molecule has 4 rings (SSSR count). The van der Waals surface area contributed by atoms with E-state index in [1.54, 1.807) is 6.20 Å². The number of anilines is 1. The molecule has 0 bridgehead atoms. The maximum absolute atomic E-state index is 12.8. The van der Waals surface area contributed by atoms with Gasteiger partial charge in [0.05, 0.1) is 18.2 Å². The Morgan fingerprint density at radius 3 is 2.82 bits per heavy atom. The first-order valence-electron chi connectivity index (χ1n) is 11.2. The number of benzene rings is 1. The zero-order valence-corrected chi connectivity index (χ0v) is 20.2. The quantitative estimate of drug-likeness (QED) is 0.385. The summed E-state index contributed by atoms with van der Waals surface area (Å²) in [5.74, 6) is 0.590. The lowest BCUT2D eigenvalue weighted by Crippen LogP contribution is -2.47. The first kappa shape index (κ1) is 23.9. The zero-order chi connectivity index (χ0) is 23.6. The maximum Gasteiger partial charge on any atom is 0.235 e. The summed E-state index contributed by atoms with van der Waals surface area (Å²) in [6.45, 7) is 12.5. The highest BCUT2D eigenvalue weighted by Gasteiger charge is 2.48. The smallest absolute Gasteiger partial charge is 0.235 e. The van der Waals surface area contributed by atoms with Gasteiger partial charge < -0.3 is 19.5 Å². The summed E-state index contributed by atoms with van der Waals surface area (Å²) >= 11 is 6.20. The zero-order valence-electron chi connectivity index (χ0n) is 19.4. The molecule has 8 nitrogen and oxygen atoms in total. The average molecular weight is 475 g/mol. The number of hydrogen-bond acceptors (Lipinski definition) is 6. The third kappa shape index (κ3) is 5.14. The van der Waals surface area contributed by atoms with Gasteiger partial charge in [-0.15, -0.1) is 0 Å². The number of hydrogen-bond donors (Lipinski definition) is 1. The van der Waals surface area contributed by atoms with Gasteiger partial charge in [-0.3, -0.25) is 9.69 Å². The van der Waals surface area contributed by atoms with Crippen molar-refractivity contribution < 1.29 is 19.0 Å². The number of piperidine rings is 1. The molecule has 0 aromatic heterocycles. The lowest BCUT2D eigenvalue weighted by atomic mass is 9.73. The molecule has 3 heterocycles. The van der Waals surface area contributed by atoms with Crippen LogP contribution in [0, 0.1) is 0 Å². The van der Waals surface area contributed by atoms with Crippen LogP contribution >= 0.6 is 11.6 Å². The van der Waals surface area contributed by atoms with Gasteiger partial charge in [-0.1, -0.05) is 11.6 Å². The molecule has 1 spiro atoms. The molecule has 2 fully saturated rings. The van der Waals surface area contributed by atoms with E-state index in [1.807, 2.05) is 39.0 Å². The van der Waals surface area contributed by atoms with E-state index in [2.05, 4.69) is 26.9 Å². The number of likely N-dealkylation sites (tertiary alicyclic amines) is 1. The van der Waals surface area contributed by atoms with Crippen molar-refractivity contribution in [1.29, 1.82) is 0 Å². The number of carbonyl (C=O) groups excluding carboxylic acids is 1. The molecular weight excluding hydrogens is 444 g/mol. The summed E-state index contributed by atoms with van der Waals surface area (Å²) in [7, 11) is 0. The predicted octanol–water partition coefficient (Wildman–Crippen LogP) is 3.75. The first-order chi connectivity index (χ1) is 15.7. The van der Waals surface area contributed by atoms with Crippen LogP contribution in [0.5, 0.6) is 0 Å². The van der Waals surface area contributed by atoms with Crippen LogP contribution < -0.4 is 5.32 Å². The van der Waals surface area contributed by atoms with Crippen LogP contribution in [0.25, 0.3) is 0 Å². The molecule has 0 saturated carbocycles. The number of halogens is 1. The Hall–Kier alpha value is -2.26. The monoisotopic (exact) mass is 474 g/mol. The number of carbonyl (C=O) groups is 1. The van der Waals surface area contributed by atoms with E-state index in [-0.39, 0.29) is 12.0 Å². The minimum absolute atomic E-state index is 0.0824. The molecule has 0 radical (unpaired) electrons. The standard InChI is InChI=1S/C24H31ClN4O4/c1-16(14-27-21(26-4)20-15-32-23(2,3)33-20)31-12-11-29-9-7-24(8-10-29)18-13-17(25)5-6-19(18)28-22(24)30/h5-6,13-14,20H,4,7-12,15H2,1-3H3,(H,28,30)/b16-14+,27-21-. The first-order valence-corrected chi connectivity index (χ1v) is 11.6. The second kappa shape index (κ2) is 9.54. The molecule has 2 saturated heterocycles. The maximum atomic E-state index is 12.8. The SMILES string of the molecule is C=N/C(=N\C=C(/C)OCCN1CCC2(CC1)C(=O)Nc1ccc(Cl)cc12)C1COC(C)(C)O1. The molecule has 3 aliphatic rings. The Balaban J connectivity index is 1.26. The Morgan fingerprint density at radius 1 is 1.39 bits per heavy atom. The number of fused-ring (bicyclic) bond motifs is 2. The summed E-state index contributed by atoms with van der Waals surface area (Å²) in [6, 6.07) is 5.63. The van der Waals surface area contributed by atoms with Gasteiger partial charge in [0.1, 0.15) is 18.5 Å². The molecule has 1 atom stereocenters. The Kier molecular flexibility index (Phi) is 6.91. The van der Waals surface area contributed by atoms with Crippen LogP contribution in [0.2, 0.25) is 5.02 Å². The second-order valence-electron chi connectivity index (χ2n) is 9.12. The normalized spacial score (nSPS) is 24.6. The molecule has 1 aromatic rings. The number of amidine groups is 1. The number of rotatable bonds is 6. The van der Waals surface area contributed by atoms with E-state index in [1.165, 1.54) is 0 Å². The van der Waals surface area contributed by atoms with Gasteiger partial charge in [-0.05, 0) is 77.2 Å². The van der Waals surface area contributed by atoms with E-state index < -0.39 is 11.2 Å². The topological polar surface area (TPSA) is 84.8 Å². The molecule has 33 heavy (non-hydrogen) atoms. The lowest BCUT2D eigenvalue weighted by molar-refractivity contribution is -0.131. The number of allylic oxidation sites excluding steroid dienone is 1. The third-order valence-electron chi connectivity index (χ3n) is 6.46. The average Bonchev–Trinajstić information content (AvgIpc) is 3.27. The fourth-order valence-electron chi connectivity index (χ4n) is 4.61. The van der Waals surface area contributed by atoms with Crippen molar-refractivity contribution in [3.63, 3.8) is 0 Å². The summed E-state index contributed by atoms with van der Waals surface area (Å²) in [6.07, 6.45) is 2.82. The van der Waals surface area contributed by atoms with Gasteiger partial charge in [0, 0.05) is 17.3 Å². The van der Waals surface area contributed by atoms with Gasteiger partial charge in [-0.25, -0.2) is 9.98 Å². The third-order valence-corrected chi connectivity index (χ3v) is 6.70. The van der Waals surface area contributed by atoms with Gasteiger partial charge >= 0.3 is 0 Å². The van der Waals surface area contributed by atoms with Gasteiger partial charge in [-0.2, -0.15) is 0 Å². The van der Waals surface area contributed by atoms with Gasteiger partial charge in [0.2, 0.25) is 5.91 Å². The molecule has 0 aliphatic carbocycles. The fourth-order valence-corrected chi connectivity index (χ4v) is 4.78. The highest BCUT2D eigenvalue weighted by molar-refractivity contribution is 6.31. The van der Waals surface area contributed by atoms with Crippen molar-refractivity contribution in [2.75, 3.05) is 38.2 Å². The van der Waals surface area contributed by atoms with Crippen LogP contribution in [-0.4, -0.2) is 68.1 Å². The highest BCUT2D eigenvalue weighted by atomic mass is 35.5. The number of nitrogens with one attached hydrogen (secondary N) is 1. The molecule has 3 aliphatic heterocycles. The molecule has 1 aromatic carbocycles. The molecular formula is C24H31ClN4O4. The van der Waals surface area contributed by atoms with Crippen LogP contribution in [0.4, 0.5) is 5.69 Å². The van der Waals surface area contributed by atoms with Crippen molar-refractivity contribution in [3.05, 3.63) is 40.7 Å². The minimum atomic E-state index is -0.647. The molecule has 1 unspecified atom stereocenters. The van der Waals surface area contributed by atoms with E-state index in [0.29, 0.717) is 29.8 Å². The van der Waals surface area contributed by atoms with E-state index in [0.717, 1.165) is 43.7 Å². The number of aliphatic imine (C=N–C) groups is 2. The number of ether oxygens (including phenoxy) is 3. The van der Waals surface area contributed by atoms with Crippen molar-refractivity contribution in [2.24, 2.45) is 9.98 Å². The lowest BCUT2D eigenvalue weighted by Gasteiger charge is -2.38. The van der Waals surface area contributed by atoms with Crippen molar-refractivity contribution >= 4 is 35.7 Å². The Bertz CT molecular complexity index is 983. The number of nitrogens with zero attached hydrogens (tertiary/aromatic N) is 3. The Labute approximate surface area is 199 Å². The van der Waals surface area contributed by atoms with Crippen LogP contribution in [0.3, 0.4) is 0 Å². The molecule has 9 heteroatoms. The summed E-state index contributed by atoms with van der Waals surface area (Å²) in [4.78, 5) is 23.4. The van der Waals surface area contributed by atoms with Gasteiger partial charge in [0.15, 0.2) is 11.6 Å².